The van der Waals surface area contributed by atoms with Gasteiger partial charge in [-0.05, 0) is 49.1 Å². The molecule has 3 N–H and O–H groups in total. The third-order valence-corrected chi connectivity index (χ3v) is 5.77. The first kappa shape index (κ1) is 20.5. The fourth-order valence-electron chi connectivity index (χ4n) is 3.86. The van der Waals surface area contributed by atoms with E-state index in [1.165, 1.54) is 0 Å². The van der Waals surface area contributed by atoms with E-state index >= 15 is 0 Å². The first-order valence-electron chi connectivity index (χ1n) is 10.5. The van der Waals surface area contributed by atoms with Crippen LogP contribution in [0.1, 0.15) is 53.0 Å². The average molecular weight is 426 g/mol. The molecule has 0 saturated carbocycles. The number of H-pyrrole nitrogens is 1. The molecule has 0 radical (unpaired) electrons. The predicted octanol–water partition coefficient (Wildman–Crippen LogP) is 3.35. The molecule has 0 bridgehead atoms. The molecule has 0 aliphatic heterocycles. The van der Waals surface area contributed by atoms with Crippen LogP contribution in [0.25, 0.3) is 11.3 Å². The van der Waals surface area contributed by atoms with Gasteiger partial charge in [-0.15, -0.1) is 0 Å². The molecule has 158 valence electrons. The van der Waals surface area contributed by atoms with Crippen LogP contribution in [0.2, 0.25) is 0 Å². The molecular formula is C22H27N5O2S. The van der Waals surface area contributed by atoms with Crippen LogP contribution in [-0.2, 0) is 19.4 Å². The number of rotatable bonds is 9. The van der Waals surface area contributed by atoms with Crippen LogP contribution in [0, 0.1) is 0 Å². The van der Waals surface area contributed by atoms with E-state index in [0.29, 0.717) is 18.8 Å². The number of nitrogens with zero attached hydrogens (tertiary/aromatic N) is 3. The lowest BCUT2D eigenvalue weighted by atomic mass is 9.94. The van der Waals surface area contributed by atoms with Gasteiger partial charge in [0.05, 0.1) is 17.9 Å². The zero-order chi connectivity index (χ0) is 20.9. The Balaban J connectivity index is 1.42. The highest BCUT2D eigenvalue weighted by atomic mass is 32.1. The third kappa shape index (κ3) is 4.53. The summed E-state index contributed by atoms with van der Waals surface area (Å²) in [5.74, 6) is 1.06. The molecule has 8 heteroatoms. The number of amides is 1. The SMILES string of the molecule is O=C(NCCCCCCS)c1n[nH]c2c1CCc1nn(Cc3ccc(O)cc3)cc1-2. The maximum absolute atomic E-state index is 12.6. The fourth-order valence-corrected chi connectivity index (χ4v) is 4.09. The number of carbonyl (C=O) groups excluding carboxylic acids is 1. The number of aromatic hydroxyl groups is 1. The summed E-state index contributed by atoms with van der Waals surface area (Å²) in [5.41, 5.74) is 5.45. The van der Waals surface area contributed by atoms with E-state index in [1.54, 1.807) is 12.1 Å². The van der Waals surface area contributed by atoms with Crippen LogP contribution >= 0.6 is 12.6 Å². The van der Waals surface area contributed by atoms with E-state index in [1.807, 2.05) is 23.0 Å². The van der Waals surface area contributed by atoms with Gasteiger partial charge in [0.15, 0.2) is 5.69 Å². The van der Waals surface area contributed by atoms with Gasteiger partial charge < -0.3 is 10.4 Å². The van der Waals surface area contributed by atoms with Gasteiger partial charge in [0.1, 0.15) is 5.75 Å². The fraction of sp³-hybridized carbons (Fsp3) is 0.409. The van der Waals surface area contributed by atoms with Crippen molar-refractivity contribution in [3.63, 3.8) is 0 Å². The minimum Gasteiger partial charge on any atom is -0.508 e. The average Bonchev–Trinajstić information content (AvgIpc) is 3.35. The Kier molecular flexibility index (Phi) is 6.42. The number of phenolic OH excluding ortho intramolecular Hbond substituents is 1. The number of phenols is 1. The Morgan fingerprint density at radius 3 is 2.77 bits per heavy atom. The molecular weight excluding hydrogens is 398 g/mol. The van der Waals surface area contributed by atoms with E-state index in [4.69, 9.17) is 5.10 Å². The number of carbonyl (C=O) groups is 1. The Morgan fingerprint density at radius 1 is 1.17 bits per heavy atom. The van der Waals surface area contributed by atoms with Gasteiger partial charge in [0.2, 0.25) is 0 Å². The van der Waals surface area contributed by atoms with Gasteiger partial charge in [-0.3, -0.25) is 14.6 Å². The second kappa shape index (κ2) is 9.38. The second-order valence-corrected chi connectivity index (χ2v) is 8.12. The van der Waals surface area contributed by atoms with E-state index in [2.05, 4.69) is 28.1 Å². The van der Waals surface area contributed by atoms with Gasteiger partial charge in [-0.25, -0.2) is 0 Å². The molecule has 0 atom stereocenters. The first-order valence-corrected chi connectivity index (χ1v) is 11.1. The molecule has 0 spiro atoms. The highest BCUT2D eigenvalue weighted by molar-refractivity contribution is 7.80. The molecule has 2 heterocycles. The highest BCUT2D eigenvalue weighted by Crippen LogP contribution is 2.33. The summed E-state index contributed by atoms with van der Waals surface area (Å²) in [6.45, 7) is 1.29. The van der Waals surface area contributed by atoms with Crippen molar-refractivity contribution in [3.05, 3.63) is 53.0 Å². The lowest BCUT2D eigenvalue weighted by molar-refractivity contribution is 0.0947. The van der Waals surface area contributed by atoms with Crippen molar-refractivity contribution < 1.29 is 9.90 Å². The van der Waals surface area contributed by atoms with E-state index in [-0.39, 0.29) is 11.7 Å². The topological polar surface area (TPSA) is 95.8 Å². The number of aromatic amines is 1. The highest BCUT2D eigenvalue weighted by Gasteiger charge is 2.27. The number of nitrogens with one attached hydrogen (secondary N) is 2. The maximum atomic E-state index is 12.6. The summed E-state index contributed by atoms with van der Waals surface area (Å²) < 4.78 is 1.90. The van der Waals surface area contributed by atoms with Crippen LogP contribution < -0.4 is 5.32 Å². The monoisotopic (exact) mass is 425 g/mol. The molecule has 1 aliphatic carbocycles. The van der Waals surface area contributed by atoms with Crippen molar-refractivity contribution in [1.29, 1.82) is 0 Å². The van der Waals surface area contributed by atoms with Crippen molar-refractivity contribution in [2.24, 2.45) is 0 Å². The van der Waals surface area contributed by atoms with Crippen LogP contribution in [0.5, 0.6) is 5.75 Å². The molecule has 30 heavy (non-hydrogen) atoms. The van der Waals surface area contributed by atoms with Crippen LogP contribution in [0.4, 0.5) is 0 Å². The van der Waals surface area contributed by atoms with Crippen molar-refractivity contribution >= 4 is 18.5 Å². The number of unbranched alkanes of at least 4 members (excludes halogenated alkanes) is 3. The van der Waals surface area contributed by atoms with Crippen LogP contribution in [-0.4, -0.2) is 43.3 Å². The molecule has 0 saturated heterocycles. The zero-order valence-corrected chi connectivity index (χ0v) is 17.8. The number of hydrogen-bond donors (Lipinski definition) is 4. The van der Waals surface area contributed by atoms with E-state index < -0.39 is 0 Å². The summed E-state index contributed by atoms with van der Waals surface area (Å²) in [6.07, 6.45) is 7.87. The summed E-state index contributed by atoms with van der Waals surface area (Å²) in [4.78, 5) is 12.6. The van der Waals surface area contributed by atoms with E-state index in [0.717, 1.165) is 72.4 Å². The molecule has 0 fully saturated rings. The van der Waals surface area contributed by atoms with Gasteiger partial charge in [-0.2, -0.15) is 22.8 Å². The lowest BCUT2D eigenvalue weighted by Crippen LogP contribution is -2.26. The Bertz CT molecular complexity index is 1010. The van der Waals surface area contributed by atoms with E-state index in [9.17, 15) is 9.90 Å². The predicted molar refractivity (Wildman–Crippen MR) is 119 cm³/mol. The number of fused-ring (bicyclic) bond motifs is 3. The normalized spacial score (nSPS) is 12.4. The smallest absolute Gasteiger partial charge is 0.272 e. The zero-order valence-electron chi connectivity index (χ0n) is 16.9. The maximum Gasteiger partial charge on any atom is 0.272 e. The molecule has 1 aliphatic rings. The molecule has 1 aromatic carbocycles. The van der Waals surface area contributed by atoms with Gasteiger partial charge in [-0.1, -0.05) is 25.0 Å². The number of aryl methyl sites for hydroxylation is 1. The number of thiol groups is 1. The van der Waals surface area contributed by atoms with Crippen LogP contribution in [0.3, 0.4) is 0 Å². The van der Waals surface area contributed by atoms with Crippen molar-refractivity contribution in [2.75, 3.05) is 12.3 Å². The second-order valence-electron chi connectivity index (χ2n) is 7.67. The molecule has 3 aromatic rings. The lowest BCUT2D eigenvalue weighted by Gasteiger charge is -2.11. The van der Waals surface area contributed by atoms with Crippen LogP contribution in [0.15, 0.2) is 30.5 Å². The van der Waals surface area contributed by atoms with Crippen molar-refractivity contribution in [3.8, 4) is 17.0 Å². The first-order chi connectivity index (χ1) is 14.7. The van der Waals surface area contributed by atoms with Gasteiger partial charge in [0.25, 0.3) is 5.91 Å². The number of aromatic nitrogens is 4. The molecule has 2 aromatic heterocycles. The summed E-state index contributed by atoms with van der Waals surface area (Å²) in [7, 11) is 0. The summed E-state index contributed by atoms with van der Waals surface area (Å²) in [5, 5.41) is 24.5. The van der Waals surface area contributed by atoms with Gasteiger partial charge in [0, 0.05) is 23.9 Å². The summed E-state index contributed by atoms with van der Waals surface area (Å²) >= 11 is 4.22. The van der Waals surface area contributed by atoms with Crippen molar-refractivity contribution in [1.82, 2.24) is 25.3 Å². The third-order valence-electron chi connectivity index (χ3n) is 5.45. The summed E-state index contributed by atoms with van der Waals surface area (Å²) in [6, 6.07) is 7.13. The number of hydrogen-bond acceptors (Lipinski definition) is 5. The Morgan fingerprint density at radius 2 is 1.97 bits per heavy atom. The Labute approximate surface area is 181 Å². The molecule has 0 unspecified atom stereocenters. The standard InChI is InChI=1S/C22H27N5O2S/c28-16-7-5-15(6-8-16)13-27-14-18-19(26-27)10-9-17-20(18)24-25-21(17)22(29)23-11-3-1-2-4-12-30/h5-8,14,28,30H,1-4,9-13H2,(H,23,29)(H,24,25). The molecule has 1 amide bonds. The Hall–Kier alpha value is -2.74. The largest absolute Gasteiger partial charge is 0.508 e. The quantitative estimate of drug-likeness (QED) is 0.312. The van der Waals surface area contributed by atoms with Gasteiger partial charge >= 0.3 is 0 Å². The minimum atomic E-state index is -0.110. The minimum absolute atomic E-state index is 0.110. The number of benzene rings is 1. The molecule has 4 rings (SSSR count). The van der Waals surface area contributed by atoms with Crippen molar-refractivity contribution in [2.45, 2.75) is 45.1 Å². The molecule has 7 nitrogen and oxygen atoms in total.